The molecule has 2 aromatic carbocycles. The van der Waals surface area contributed by atoms with Gasteiger partial charge in [0.15, 0.2) is 11.5 Å². The van der Waals surface area contributed by atoms with Gasteiger partial charge in [-0.1, -0.05) is 39.7 Å². The molecule has 0 heterocycles. The Hall–Kier alpha value is -1.23. The maximum absolute atomic E-state index is 9.30. The zero-order valence-corrected chi connectivity index (χ0v) is 13.9. The van der Waals surface area contributed by atoms with E-state index in [0.717, 1.165) is 15.6 Å². The van der Waals surface area contributed by atoms with Crippen LogP contribution in [0.4, 0.5) is 0 Å². The van der Waals surface area contributed by atoms with E-state index in [1.165, 1.54) is 0 Å². The van der Waals surface area contributed by atoms with Crippen molar-refractivity contribution < 1.29 is 14.6 Å². The van der Waals surface area contributed by atoms with E-state index < -0.39 is 0 Å². The van der Waals surface area contributed by atoms with E-state index >= 15 is 0 Å². The summed E-state index contributed by atoms with van der Waals surface area (Å²) in [5, 5.41) is 9.99. The fraction of sp³-hybridized carbons (Fsp3) is 0.250. The van der Waals surface area contributed by atoms with Crippen LogP contribution in [-0.4, -0.2) is 11.7 Å². The number of benzene rings is 2. The lowest BCUT2D eigenvalue weighted by Gasteiger charge is -2.14. The van der Waals surface area contributed by atoms with Crippen LogP contribution in [0.2, 0.25) is 5.02 Å². The van der Waals surface area contributed by atoms with Crippen LogP contribution >= 0.6 is 27.5 Å². The highest BCUT2D eigenvalue weighted by Gasteiger charge is 2.10. The van der Waals surface area contributed by atoms with Crippen molar-refractivity contribution in [3.63, 3.8) is 0 Å². The minimum absolute atomic E-state index is 0.0574. The SMILES string of the molecule is CCOc1cc(CO)c(Br)cc1OCc1ccc(Cl)cc1. The highest BCUT2D eigenvalue weighted by atomic mass is 79.9. The number of hydrogen-bond donors (Lipinski definition) is 1. The van der Waals surface area contributed by atoms with Gasteiger partial charge in [0.05, 0.1) is 13.2 Å². The summed E-state index contributed by atoms with van der Waals surface area (Å²) in [5.74, 6) is 1.26. The summed E-state index contributed by atoms with van der Waals surface area (Å²) < 4.78 is 12.2. The Bertz CT molecular complexity index is 599. The third-order valence-corrected chi connectivity index (χ3v) is 3.88. The second-order valence-corrected chi connectivity index (χ2v) is 5.69. The zero-order chi connectivity index (χ0) is 15.2. The van der Waals surface area contributed by atoms with Crippen LogP contribution in [0, 0.1) is 0 Å². The maximum atomic E-state index is 9.30. The fourth-order valence-electron chi connectivity index (χ4n) is 1.82. The molecule has 2 rings (SSSR count). The molecule has 112 valence electrons. The van der Waals surface area contributed by atoms with E-state index in [-0.39, 0.29) is 6.61 Å². The molecule has 5 heteroatoms. The molecule has 0 aliphatic heterocycles. The number of hydrogen-bond acceptors (Lipinski definition) is 3. The van der Waals surface area contributed by atoms with Gasteiger partial charge in [-0.25, -0.2) is 0 Å². The van der Waals surface area contributed by atoms with Crippen LogP contribution in [0.1, 0.15) is 18.1 Å². The Labute approximate surface area is 137 Å². The van der Waals surface area contributed by atoms with Crippen molar-refractivity contribution in [3.05, 3.63) is 57.0 Å². The van der Waals surface area contributed by atoms with Gasteiger partial charge >= 0.3 is 0 Å². The largest absolute Gasteiger partial charge is 0.490 e. The van der Waals surface area contributed by atoms with Crippen molar-refractivity contribution in [1.82, 2.24) is 0 Å². The van der Waals surface area contributed by atoms with E-state index in [0.29, 0.717) is 29.7 Å². The Balaban J connectivity index is 2.17. The predicted octanol–water partition coefficient (Wildman–Crippen LogP) is 4.57. The quantitative estimate of drug-likeness (QED) is 0.808. The summed E-state index contributed by atoms with van der Waals surface area (Å²) in [6, 6.07) is 11.1. The first kappa shape index (κ1) is 16.1. The van der Waals surface area contributed by atoms with Crippen LogP contribution in [0.15, 0.2) is 40.9 Å². The smallest absolute Gasteiger partial charge is 0.162 e. The Morgan fingerprint density at radius 1 is 1.10 bits per heavy atom. The Morgan fingerprint density at radius 3 is 2.38 bits per heavy atom. The predicted molar refractivity (Wildman–Crippen MR) is 87.0 cm³/mol. The van der Waals surface area contributed by atoms with E-state index in [1.54, 1.807) is 6.07 Å². The Morgan fingerprint density at radius 2 is 1.76 bits per heavy atom. The van der Waals surface area contributed by atoms with E-state index in [9.17, 15) is 5.11 Å². The fourth-order valence-corrected chi connectivity index (χ4v) is 2.39. The van der Waals surface area contributed by atoms with Crippen molar-refractivity contribution in [1.29, 1.82) is 0 Å². The van der Waals surface area contributed by atoms with Crippen LogP contribution in [-0.2, 0) is 13.2 Å². The van der Waals surface area contributed by atoms with E-state index in [2.05, 4.69) is 15.9 Å². The van der Waals surface area contributed by atoms with Gasteiger partial charge in [-0.3, -0.25) is 0 Å². The lowest BCUT2D eigenvalue weighted by molar-refractivity contribution is 0.263. The third kappa shape index (κ3) is 4.37. The summed E-state index contributed by atoms with van der Waals surface area (Å²) in [7, 11) is 0. The lowest BCUT2D eigenvalue weighted by atomic mass is 10.2. The van der Waals surface area contributed by atoms with Gasteiger partial charge in [-0.15, -0.1) is 0 Å². The minimum atomic E-state index is -0.0574. The van der Waals surface area contributed by atoms with Crippen LogP contribution in [0.5, 0.6) is 11.5 Å². The summed E-state index contributed by atoms with van der Waals surface area (Å²) in [5.41, 5.74) is 1.78. The number of aliphatic hydroxyl groups is 1. The molecule has 0 saturated carbocycles. The molecule has 0 saturated heterocycles. The van der Waals surface area contributed by atoms with Gasteiger partial charge < -0.3 is 14.6 Å². The molecule has 0 aliphatic carbocycles. The minimum Gasteiger partial charge on any atom is -0.490 e. The number of ether oxygens (including phenoxy) is 2. The van der Waals surface area contributed by atoms with Gasteiger partial charge in [-0.2, -0.15) is 0 Å². The van der Waals surface area contributed by atoms with Gasteiger partial charge in [0, 0.05) is 9.50 Å². The molecular formula is C16H16BrClO3. The number of aliphatic hydroxyl groups excluding tert-OH is 1. The van der Waals surface area contributed by atoms with Gasteiger partial charge in [0.25, 0.3) is 0 Å². The molecule has 0 bridgehead atoms. The van der Waals surface area contributed by atoms with Gasteiger partial charge in [0.2, 0.25) is 0 Å². The van der Waals surface area contributed by atoms with Crippen molar-refractivity contribution in [2.24, 2.45) is 0 Å². The van der Waals surface area contributed by atoms with Crippen molar-refractivity contribution in [2.45, 2.75) is 20.1 Å². The van der Waals surface area contributed by atoms with Crippen molar-refractivity contribution in [2.75, 3.05) is 6.61 Å². The second-order valence-electron chi connectivity index (χ2n) is 4.40. The van der Waals surface area contributed by atoms with Crippen LogP contribution in [0.3, 0.4) is 0 Å². The molecule has 2 aromatic rings. The molecule has 0 radical (unpaired) electrons. The van der Waals surface area contributed by atoms with Crippen molar-refractivity contribution in [3.8, 4) is 11.5 Å². The monoisotopic (exact) mass is 370 g/mol. The molecule has 3 nitrogen and oxygen atoms in total. The molecule has 1 N–H and O–H groups in total. The average Bonchev–Trinajstić information content (AvgIpc) is 2.49. The summed E-state index contributed by atoms with van der Waals surface area (Å²) in [4.78, 5) is 0. The molecule has 0 unspecified atom stereocenters. The molecule has 21 heavy (non-hydrogen) atoms. The maximum Gasteiger partial charge on any atom is 0.162 e. The standard InChI is InChI=1S/C16H16BrClO3/c1-2-20-15-7-12(9-19)14(17)8-16(15)21-10-11-3-5-13(18)6-4-11/h3-8,19H,2,9-10H2,1H3. The first-order chi connectivity index (χ1) is 10.1. The van der Waals surface area contributed by atoms with E-state index in [4.69, 9.17) is 21.1 Å². The molecule has 0 spiro atoms. The summed E-state index contributed by atoms with van der Waals surface area (Å²) in [6.45, 7) is 2.80. The normalized spacial score (nSPS) is 10.5. The first-order valence-electron chi connectivity index (χ1n) is 6.57. The molecular weight excluding hydrogens is 356 g/mol. The summed E-state index contributed by atoms with van der Waals surface area (Å²) >= 11 is 9.27. The van der Waals surface area contributed by atoms with Crippen LogP contribution < -0.4 is 9.47 Å². The molecule has 0 aliphatic rings. The number of halogens is 2. The highest BCUT2D eigenvalue weighted by molar-refractivity contribution is 9.10. The molecule has 0 aromatic heterocycles. The highest BCUT2D eigenvalue weighted by Crippen LogP contribution is 2.34. The Kier molecular flexibility index (Phi) is 5.91. The summed E-state index contributed by atoms with van der Waals surface area (Å²) in [6.07, 6.45) is 0. The van der Waals surface area contributed by atoms with Crippen molar-refractivity contribution >= 4 is 27.5 Å². The van der Waals surface area contributed by atoms with Crippen LogP contribution in [0.25, 0.3) is 0 Å². The van der Waals surface area contributed by atoms with Gasteiger partial charge in [0.1, 0.15) is 6.61 Å². The third-order valence-electron chi connectivity index (χ3n) is 2.89. The molecule has 0 amide bonds. The first-order valence-corrected chi connectivity index (χ1v) is 7.74. The average molecular weight is 372 g/mol. The molecule has 0 fully saturated rings. The van der Waals surface area contributed by atoms with Gasteiger partial charge in [-0.05, 0) is 42.3 Å². The zero-order valence-electron chi connectivity index (χ0n) is 11.6. The lowest BCUT2D eigenvalue weighted by Crippen LogP contribution is -2.01. The topological polar surface area (TPSA) is 38.7 Å². The number of rotatable bonds is 6. The molecule has 0 atom stereocenters. The van der Waals surface area contributed by atoms with E-state index in [1.807, 2.05) is 37.3 Å². The second kappa shape index (κ2) is 7.69.